The number of amides is 2. The zero-order chi connectivity index (χ0) is 10.8. The lowest BCUT2D eigenvalue weighted by atomic mass is 10.0. The van der Waals surface area contributed by atoms with Gasteiger partial charge in [0.2, 0.25) is 0 Å². The monoisotopic (exact) mass is 198 g/mol. The molecule has 0 fully saturated rings. The van der Waals surface area contributed by atoms with Gasteiger partial charge in [-0.05, 0) is 5.56 Å². The van der Waals surface area contributed by atoms with Crippen molar-refractivity contribution in [3.05, 3.63) is 41.5 Å². The molecule has 0 saturated heterocycles. The summed E-state index contributed by atoms with van der Waals surface area (Å²) in [4.78, 5) is 22.6. The molecule has 1 heterocycles. The Kier molecular flexibility index (Phi) is 2.07. The van der Waals surface area contributed by atoms with Gasteiger partial charge < -0.3 is 0 Å². The van der Waals surface area contributed by atoms with E-state index in [0.717, 1.165) is 0 Å². The normalized spacial score (nSPS) is 15.1. The highest BCUT2D eigenvalue weighted by molar-refractivity contribution is 6.37. The van der Waals surface area contributed by atoms with Crippen molar-refractivity contribution >= 4 is 17.4 Å². The van der Waals surface area contributed by atoms with Crippen LogP contribution in [0.3, 0.4) is 0 Å². The molecule has 4 nitrogen and oxygen atoms in total. The number of hydrogen-bond donors (Lipinski definition) is 1. The third kappa shape index (κ3) is 1.40. The summed E-state index contributed by atoms with van der Waals surface area (Å²) in [6.07, 6.45) is 0. The first-order valence-electron chi connectivity index (χ1n) is 4.29. The van der Waals surface area contributed by atoms with Gasteiger partial charge in [0.15, 0.2) is 0 Å². The minimum absolute atomic E-state index is 0.119. The van der Waals surface area contributed by atoms with E-state index in [2.05, 4.69) is 5.32 Å². The second kappa shape index (κ2) is 3.39. The average molecular weight is 198 g/mol. The van der Waals surface area contributed by atoms with Crippen molar-refractivity contribution in [1.29, 1.82) is 5.26 Å². The molecule has 2 amide bonds. The number of nitriles is 1. The van der Waals surface area contributed by atoms with Crippen molar-refractivity contribution in [3.63, 3.8) is 0 Å². The molecule has 1 aliphatic rings. The largest absolute Gasteiger partial charge is 0.287 e. The molecule has 0 radical (unpaired) electrons. The van der Waals surface area contributed by atoms with Crippen molar-refractivity contribution < 1.29 is 9.59 Å². The van der Waals surface area contributed by atoms with Gasteiger partial charge in [-0.25, -0.2) is 0 Å². The van der Waals surface area contributed by atoms with E-state index in [1.807, 2.05) is 0 Å². The van der Waals surface area contributed by atoms with Crippen LogP contribution in [0.2, 0.25) is 0 Å². The maximum absolute atomic E-state index is 11.4. The van der Waals surface area contributed by atoms with E-state index in [1.54, 1.807) is 36.4 Å². The van der Waals surface area contributed by atoms with Crippen LogP contribution in [0.4, 0.5) is 0 Å². The van der Waals surface area contributed by atoms with Gasteiger partial charge in [-0.2, -0.15) is 5.26 Å². The molecule has 72 valence electrons. The van der Waals surface area contributed by atoms with Gasteiger partial charge in [-0.1, -0.05) is 30.3 Å². The number of carbonyl (C=O) groups is 2. The van der Waals surface area contributed by atoms with E-state index < -0.39 is 11.8 Å². The van der Waals surface area contributed by atoms with Gasteiger partial charge >= 0.3 is 0 Å². The zero-order valence-corrected chi connectivity index (χ0v) is 7.65. The molecule has 0 bridgehead atoms. The minimum atomic E-state index is -0.624. The van der Waals surface area contributed by atoms with Gasteiger partial charge in [0, 0.05) is 0 Å². The summed E-state index contributed by atoms with van der Waals surface area (Å²) >= 11 is 0. The molecule has 0 aromatic heterocycles. The van der Waals surface area contributed by atoms with Gasteiger partial charge in [0.05, 0.1) is 5.57 Å². The first kappa shape index (κ1) is 9.16. The van der Waals surface area contributed by atoms with E-state index in [-0.39, 0.29) is 11.1 Å². The fraction of sp³-hybridized carbons (Fsp3) is 0. The Bertz CT molecular complexity index is 509. The first-order chi connectivity index (χ1) is 7.24. The highest BCUT2D eigenvalue weighted by Gasteiger charge is 2.30. The topological polar surface area (TPSA) is 70.0 Å². The average Bonchev–Trinajstić information content (AvgIpc) is 2.54. The highest BCUT2D eigenvalue weighted by Crippen LogP contribution is 2.22. The Balaban J connectivity index is 2.62. The van der Waals surface area contributed by atoms with Crippen molar-refractivity contribution in [2.75, 3.05) is 0 Å². The van der Waals surface area contributed by atoms with E-state index in [9.17, 15) is 9.59 Å². The first-order valence-corrected chi connectivity index (χ1v) is 4.29. The zero-order valence-electron chi connectivity index (χ0n) is 7.65. The Hall–Kier alpha value is -2.41. The summed E-state index contributed by atoms with van der Waals surface area (Å²) in [6.45, 7) is 0. The third-order valence-corrected chi connectivity index (χ3v) is 2.11. The van der Waals surface area contributed by atoms with Crippen molar-refractivity contribution in [3.8, 4) is 6.07 Å². The number of rotatable bonds is 1. The molecule has 0 saturated carbocycles. The Morgan fingerprint density at radius 2 is 1.73 bits per heavy atom. The SMILES string of the molecule is N#CC1=C(c2ccccc2)C(=O)NC1=O. The molecule has 1 aromatic carbocycles. The van der Waals surface area contributed by atoms with Crippen LogP contribution in [-0.2, 0) is 9.59 Å². The number of carbonyl (C=O) groups excluding carboxylic acids is 2. The fourth-order valence-corrected chi connectivity index (χ4v) is 1.44. The molecule has 1 N–H and O–H groups in total. The van der Waals surface area contributed by atoms with Crippen LogP contribution in [0.25, 0.3) is 5.57 Å². The Morgan fingerprint density at radius 1 is 1.07 bits per heavy atom. The summed E-state index contributed by atoms with van der Waals surface area (Å²) in [5.74, 6) is -1.14. The Morgan fingerprint density at radius 3 is 2.33 bits per heavy atom. The quantitative estimate of drug-likeness (QED) is 0.672. The summed E-state index contributed by atoms with van der Waals surface area (Å²) < 4.78 is 0. The molecular formula is C11H6N2O2. The smallest absolute Gasteiger partial charge is 0.269 e. The third-order valence-electron chi connectivity index (χ3n) is 2.11. The molecule has 0 spiro atoms. The number of nitrogens with zero attached hydrogens (tertiary/aromatic N) is 1. The summed E-state index contributed by atoms with van der Waals surface area (Å²) in [5.41, 5.74) is 0.617. The molecule has 15 heavy (non-hydrogen) atoms. The van der Waals surface area contributed by atoms with Crippen LogP contribution in [0.5, 0.6) is 0 Å². The summed E-state index contributed by atoms with van der Waals surface area (Å²) in [5, 5.41) is 10.9. The van der Waals surface area contributed by atoms with Crippen molar-refractivity contribution in [2.45, 2.75) is 0 Å². The maximum Gasteiger partial charge on any atom is 0.269 e. The van der Waals surface area contributed by atoms with E-state index in [0.29, 0.717) is 5.56 Å². The summed E-state index contributed by atoms with van der Waals surface area (Å²) in [7, 11) is 0. The van der Waals surface area contributed by atoms with Gasteiger partial charge in [-0.15, -0.1) is 0 Å². The van der Waals surface area contributed by atoms with Gasteiger partial charge in [0.25, 0.3) is 11.8 Å². The molecule has 0 aliphatic carbocycles. The van der Waals surface area contributed by atoms with Gasteiger partial charge in [-0.3, -0.25) is 14.9 Å². The maximum atomic E-state index is 11.4. The summed E-state index contributed by atoms with van der Waals surface area (Å²) in [6, 6.07) is 10.4. The number of hydrogen-bond acceptors (Lipinski definition) is 3. The second-order valence-corrected chi connectivity index (χ2v) is 3.01. The molecule has 0 unspecified atom stereocenters. The molecule has 2 rings (SSSR count). The lowest BCUT2D eigenvalue weighted by Gasteiger charge is -1.98. The lowest BCUT2D eigenvalue weighted by Crippen LogP contribution is -2.22. The number of imide groups is 1. The second-order valence-electron chi connectivity index (χ2n) is 3.01. The van der Waals surface area contributed by atoms with E-state index >= 15 is 0 Å². The van der Waals surface area contributed by atoms with Crippen LogP contribution >= 0.6 is 0 Å². The van der Waals surface area contributed by atoms with Crippen molar-refractivity contribution in [1.82, 2.24) is 5.32 Å². The van der Waals surface area contributed by atoms with E-state index in [1.165, 1.54) is 0 Å². The van der Waals surface area contributed by atoms with Crippen LogP contribution in [0.15, 0.2) is 35.9 Å². The minimum Gasteiger partial charge on any atom is -0.287 e. The fourth-order valence-electron chi connectivity index (χ4n) is 1.44. The predicted molar refractivity (Wildman–Crippen MR) is 52.1 cm³/mol. The highest BCUT2D eigenvalue weighted by atomic mass is 16.2. The molecule has 4 heteroatoms. The molecule has 1 aromatic rings. The van der Waals surface area contributed by atoms with E-state index in [4.69, 9.17) is 5.26 Å². The molecule has 1 aliphatic heterocycles. The van der Waals surface area contributed by atoms with Crippen LogP contribution < -0.4 is 5.32 Å². The van der Waals surface area contributed by atoms with Gasteiger partial charge in [0.1, 0.15) is 11.6 Å². The van der Waals surface area contributed by atoms with Crippen molar-refractivity contribution in [2.24, 2.45) is 0 Å². The number of nitrogens with one attached hydrogen (secondary N) is 1. The van der Waals surface area contributed by atoms with Crippen LogP contribution in [-0.4, -0.2) is 11.8 Å². The lowest BCUT2D eigenvalue weighted by molar-refractivity contribution is -0.123. The molecular weight excluding hydrogens is 192 g/mol. The van der Waals surface area contributed by atoms with Crippen LogP contribution in [0, 0.1) is 11.3 Å². The number of benzene rings is 1. The Labute approximate surface area is 85.8 Å². The predicted octanol–water partition coefficient (Wildman–Crippen LogP) is 0.620. The van der Waals surface area contributed by atoms with Crippen LogP contribution in [0.1, 0.15) is 5.56 Å². The molecule has 0 atom stereocenters. The standard InChI is InChI=1S/C11H6N2O2/c12-6-8-9(11(15)13-10(8)14)7-4-2-1-3-5-7/h1-5H,(H,13,14,15).